The summed E-state index contributed by atoms with van der Waals surface area (Å²) in [4.78, 5) is 0. The molecule has 0 saturated carbocycles. The Kier molecular flexibility index (Phi) is 4.49. The molecule has 2 heterocycles. The number of furan rings is 1. The van der Waals surface area contributed by atoms with Gasteiger partial charge in [-0.1, -0.05) is 42.1 Å². The molecule has 23 heavy (non-hydrogen) atoms. The van der Waals surface area contributed by atoms with Crippen molar-refractivity contribution in [3.63, 3.8) is 0 Å². The van der Waals surface area contributed by atoms with E-state index in [-0.39, 0.29) is 5.25 Å². The van der Waals surface area contributed by atoms with Crippen molar-refractivity contribution in [3.05, 3.63) is 54.0 Å². The summed E-state index contributed by atoms with van der Waals surface area (Å²) >= 11 is 1.41. The topological polar surface area (TPSA) is 67.6 Å². The van der Waals surface area contributed by atoms with Crippen LogP contribution in [-0.2, 0) is 6.54 Å². The van der Waals surface area contributed by atoms with Gasteiger partial charge in [0, 0.05) is 0 Å². The number of rotatable bonds is 5. The summed E-state index contributed by atoms with van der Waals surface area (Å²) in [5.41, 5.74) is 2.08. The molecule has 5 nitrogen and oxygen atoms in total. The lowest BCUT2D eigenvalue weighted by Crippen LogP contribution is -2.05. The van der Waals surface area contributed by atoms with Gasteiger partial charge in [-0.2, -0.15) is 5.26 Å². The zero-order valence-corrected chi connectivity index (χ0v) is 13.7. The molecule has 0 saturated heterocycles. The fourth-order valence-electron chi connectivity index (χ4n) is 2.29. The number of nitriles is 1. The van der Waals surface area contributed by atoms with Gasteiger partial charge in [-0.25, -0.2) is 0 Å². The second kappa shape index (κ2) is 6.71. The zero-order chi connectivity index (χ0) is 16.2. The van der Waals surface area contributed by atoms with Crippen LogP contribution in [0.25, 0.3) is 11.4 Å². The van der Waals surface area contributed by atoms with Crippen LogP contribution < -0.4 is 0 Å². The average Bonchev–Trinajstić information content (AvgIpc) is 3.15. The van der Waals surface area contributed by atoms with Gasteiger partial charge >= 0.3 is 0 Å². The molecular weight excluding hydrogens is 308 g/mol. The monoisotopic (exact) mass is 324 g/mol. The maximum atomic E-state index is 9.07. The van der Waals surface area contributed by atoms with E-state index in [1.165, 1.54) is 11.8 Å². The highest BCUT2D eigenvalue weighted by Crippen LogP contribution is 2.29. The van der Waals surface area contributed by atoms with E-state index in [9.17, 15) is 0 Å². The molecule has 1 atom stereocenters. The largest absolute Gasteiger partial charge is 0.469 e. The number of nitrogens with zero attached hydrogens (tertiary/aromatic N) is 4. The van der Waals surface area contributed by atoms with Crippen molar-refractivity contribution in [3.8, 4) is 17.5 Å². The lowest BCUT2D eigenvalue weighted by molar-refractivity contribution is 0.534. The van der Waals surface area contributed by atoms with Gasteiger partial charge in [0.05, 0.1) is 29.7 Å². The third-order valence-corrected chi connectivity index (χ3v) is 4.44. The fraction of sp³-hybridized carbons (Fsp3) is 0.235. The van der Waals surface area contributed by atoms with E-state index in [2.05, 4.69) is 28.4 Å². The van der Waals surface area contributed by atoms with Gasteiger partial charge in [0.25, 0.3) is 0 Å². The molecule has 0 unspecified atom stereocenters. The van der Waals surface area contributed by atoms with Gasteiger partial charge in [-0.15, -0.1) is 10.2 Å². The van der Waals surface area contributed by atoms with E-state index >= 15 is 0 Å². The molecule has 0 N–H and O–H groups in total. The lowest BCUT2D eigenvalue weighted by Gasteiger charge is -2.10. The normalized spacial score (nSPS) is 12.0. The summed E-state index contributed by atoms with van der Waals surface area (Å²) in [6.07, 6.45) is 1.65. The number of hydrogen-bond acceptors (Lipinski definition) is 5. The molecule has 6 heteroatoms. The first-order chi connectivity index (χ1) is 11.2. The summed E-state index contributed by atoms with van der Waals surface area (Å²) in [5.74, 6) is 1.56. The maximum Gasteiger partial charge on any atom is 0.193 e. The zero-order valence-electron chi connectivity index (χ0n) is 12.9. The van der Waals surface area contributed by atoms with E-state index in [4.69, 9.17) is 9.68 Å². The second-order valence-corrected chi connectivity index (χ2v) is 6.47. The number of hydrogen-bond donors (Lipinski definition) is 0. The van der Waals surface area contributed by atoms with E-state index in [0.717, 1.165) is 27.9 Å². The molecule has 0 amide bonds. The van der Waals surface area contributed by atoms with Gasteiger partial charge in [0.15, 0.2) is 11.0 Å². The maximum absolute atomic E-state index is 9.07. The second-order valence-electron chi connectivity index (χ2n) is 5.16. The van der Waals surface area contributed by atoms with Crippen LogP contribution in [0.3, 0.4) is 0 Å². The van der Waals surface area contributed by atoms with Crippen LogP contribution in [0.4, 0.5) is 0 Å². The Balaban J connectivity index is 2.03. The molecule has 0 bridgehead atoms. The van der Waals surface area contributed by atoms with Crippen LogP contribution in [0.2, 0.25) is 0 Å². The third-order valence-electron chi connectivity index (χ3n) is 3.46. The predicted molar refractivity (Wildman–Crippen MR) is 88.9 cm³/mol. The van der Waals surface area contributed by atoms with Gasteiger partial charge in [-0.3, -0.25) is 4.57 Å². The van der Waals surface area contributed by atoms with Crippen molar-refractivity contribution in [1.82, 2.24) is 14.8 Å². The van der Waals surface area contributed by atoms with Gasteiger partial charge < -0.3 is 4.42 Å². The number of thioether (sulfide) groups is 1. The van der Waals surface area contributed by atoms with E-state index in [1.54, 1.807) is 6.26 Å². The Bertz CT molecular complexity index is 832. The van der Waals surface area contributed by atoms with Crippen LogP contribution in [0, 0.1) is 18.3 Å². The minimum Gasteiger partial charge on any atom is -0.469 e. The molecule has 0 fully saturated rings. The molecule has 0 aliphatic heterocycles. The summed E-state index contributed by atoms with van der Waals surface area (Å²) in [6.45, 7) is 4.41. The number of aromatic nitrogens is 3. The summed E-state index contributed by atoms with van der Waals surface area (Å²) < 4.78 is 7.43. The first kappa shape index (κ1) is 15.4. The Hall–Kier alpha value is -2.52. The van der Waals surface area contributed by atoms with Crippen molar-refractivity contribution in [2.24, 2.45) is 0 Å². The fourth-order valence-corrected chi connectivity index (χ4v) is 3.02. The number of aryl methyl sites for hydroxylation is 1. The minimum atomic E-state index is -0.188. The van der Waals surface area contributed by atoms with Crippen molar-refractivity contribution in [2.45, 2.75) is 30.8 Å². The first-order valence-electron chi connectivity index (χ1n) is 7.27. The lowest BCUT2D eigenvalue weighted by atomic mass is 10.2. The van der Waals surface area contributed by atoms with E-state index in [0.29, 0.717) is 6.54 Å². The molecule has 116 valence electrons. The number of benzene rings is 1. The smallest absolute Gasteiger partial charge is 0.193 e. The molecule has 0 aliphatic carbocycles. The van der Waals surface area contributed by atoms with Crippen molar-refractivity contribution in [1.29, 1.82) is 5.26 Å². The standard InChI is InChI=1S/C17H16N4OS/c1-12(10-18)23-17-20-19-16(15-8-9-22-13(15)2)21(17)11-14-6-4-3-5-7-14/h3-9,12H,11H2,1-2H3/t12-/m1/s1. The molecular formula is C17H16N4OS. The highest BCUT2D eigenvalue weighted by molar-refractivity contribution is 8.00. The molecule has 1 aromatic carbocycles. The Morgan fingerprint density at radius 2 is 2.04 bits per heavy atom. The molecule has 0 radical (unpaired) electrons. The SMILES string of the molecule is Cc1occc1-c1nnc(S[C@H](C)C#N)n1Cc1ccccc1. The molecule has 0 spiro atoms. The highest BCUT2D eigenvalue weighted by Gasteiger charge is 2.19. The van der Waals surface area contributed by atoms with Gasteiger partial charge in [0.2, 0.25) is 0 Å². The summed E-state index contributed by atoms with van der Waals surface area (Å²) in [7, 11) is 0. The summed E-state index contributed by atoms with van der Waals surface area (Å²) in [6, 6.07) is 14.2. The van der Waals surface area contributed by atoms with Gasteiger partial charge in [-0.05, 0) is 25.5 Å². The summed E-state index contributed by atoms with van der Waals surface area (Å²) in [5, 5.41) is 18.2. The van der Waals surface area contributed by atoms with Gasteiger partial charge in [0.1, 0.15) is 5.76 Å². The first-order valence-corrected chi connectivity index (χ1v) is 8.15. The van der Waals surface area contributed by atoms with Crippen LogP contribution in [0.1, 0.15) is 18.2 Å². The van der Waals surface area contributed by atoms with Crippen molar-refractivity contribution >= 4 is 11.8 Å². The average molecular weight is 324 g/mol. The molecule has 2 aromatic heterocycles. The Labute approximate surface area is 139 Å². The Morgan fingerprint density at radius 3 is 2.70 bits per heavy atom. The molecule has 3 aromatic rings. The minimum absolute atomic E-state index is 0.188. The van der Waals surface area contributed by atoms with E-state index < -0.39 is 0 Å². The van der Waals surface area contributed by atoms with E-state index in [1.807, 2.05) is 42.7 Å². The highest BCUT2D eigenvalue weighted by atomic mass is 32.2. The van der Waals surface area contributed by atoms with Crippen LogP contribution in [0.15, 0.2) is 52.2 Å². The van der Waals surface area contributed by atoms with Crippen molar-refractivity contribution in [2.75, 3.05) is 0 Å². The predicted octanol–water partition coefficient (Wildman–Crippen LogP) is 3.90. The van der Waals surface area contributed by atoms with Crippen LogP contribution in [0.5, 0.6) is 0 Å². The molecule has 3 rings (SSSR count). The van der Waals surface area contributed by atoms with Crippen LogP contribution >= 0.6 is 11.8 Å². The van der Waals surface area contributed by atoms with Crippen LogP contribution in [-0.4, -0.2) is 20.0 Å². The molecule has 0 aliphatic rings. The van der Waals surface area contributed by atoms with Crippen molar-refractivity contribution < 1.29 is 4.42 Å². The Morgan fingerprint density at radius 1 is 1.26 bits per heavy atom. The third kappa shape index (κ3) is 3.30. The quantitative estimate of drug-likeness (QED) is 0.666.